The average molecular weight is 915 g/mol. The van der Waals surface area contributed by atoms with Crippen LogP contribution in [0.2, 0.25) is 0 Å². The zero-order chi connectivity index (χ0) is 42.1. The third kappa shape index (κ3) is 7.90. The standard InChI is InChI=1S/C25H25.C21H26.C11H17.2ClH.Zr/c1-14-12-24(3,4)22-8-16-7-17-9-23-19(15(2)13-25(23,5)6)11-21(17)20(16)10-18(14)22;1-20(2,3)18-11-7-16(8-12-18)15-17-9-13-19(14-10-17)21(4,5)6;1-5-9-6-7-10(8-9)11(2,3)4;;;/h7-13H,1-6H3;7-14H,1-6H3;7-9H,5H2,1-4H3;2*1H;/q;;;;;+2/p-2. The smallest absolute Gasteiger partial charge is 1.00 e. The number of allylic oxidation sites excluding steroid dienone is 8. The van der Waals surface area contributed by atoms with Crippen molar-refractivity contribution >= 4 is 14.4 Å². The Morgan fingerprint density at radius 3 is 1.32 bits per heavy atom. The van der Waals surface area contributed by atoms with Crippen LogP contribution in [0.1, 0.15) is 176 Å². The van der Waals surface area contributed by atoms with Crippen LogP contribution in [-0.4, -0.2) is 3.21 Å². The van der Waals surface area contributed by atoms with E-state index in [1.54, 1.807) is 17.6 Å². The number of rotatable bonds is 5. The van der Waals surface area contributed by atoms with Crippen LogP contribution in [0.3, 0.4) is 0 Å². The van der Waals surface area contributed by atoms with E-state index in [9.17, 15) is 0 Å². The van der Waals surface area contributed by atoms with Crippen molar-refractivity contribution in [3.63, 3.8) is 0 Å². The van der Waals surface area contributed by atoms with Gasteiger partial charge in [-0.25, -0.2) is 0 Å². The number of fused-ring (bicyclic) bond motifs is 5. The van der Waals surface area contributed by atoms with Gasteiger partial charge in [0.25, 0.3) is 0 Å². The Morgan fingerprint density at radius 2 is 0.967 bits per heavy atom. The van der Waals surface area contributed by atoms with Crippen molar-refractivity contribution in [1.29, 1.82) is 0 Å². The summed E-state index contributed by atoms with van der Waals surface area (Å²) in [7, 11) is 0. The molecule has 0 bridgehead atoms. The Morgan fingerprint density at radius 1 is 0.567 bits per heavy atom. The van der Waals surface area contributed by atoms with Crippen molar-refractivity contribution in [3.05, 3.63) is 162 Å². The van der Waals surface area contributed by atoms with Gasteiger partial charge in [0.1, 0.15) is 0 Å². The molecule has 0 saturated heterocycles. The summed E-state index contributed by atoms with van der Waals surface area (Å²) >= 11 is -3.11. The van der Waals surface area contributed by atoms with E-state index in [2.05, 4.69) is 208 Å². The first kappa shape index (κ1) is 46.7. The van der Waals surface area contributed by atoms with Gasteiger partial charge in [-0.15, -0.1) is 0 Å². The van der Waals surface area contributed by atoms with Gasteiger partial charge in [0.15, 0.2) is 0 Å². The molecule has 314 valence electrons. The summed E-state index contributed by atoms with van der Waals surface area (Å²) in [5.74, 6) is 0.443. The zero-order valence-corrected chi connectivity index (χ0v) is 43.3. The minimum Gasteiger partial charge on any atom is -1.00 e. The molecule has 0 radical (unpaired) electrons. The topological polar surface area (TPSA) is 0 Å². The van der Waals surface area contributed by atoms with Gasteiger partial charge >= 0.3 is 362 Å². The molecular formula is C57H68Cl2Zr. The van der Waals surface area contributed by atoms with Crippen LogP contribution in [0.5, 0.6) is 0 Å². The quantitative estimate of drug-likeness (QED) is 0.187. The number of benzene rings is 4. The van der Waals surface area contributed by atoms with Crippen LogP contribution in [0.15, 0.2) is 106 Å². The summed E-state index contributed by atoms with van der Waals surface area (Å²) in [4.78, 5) is 0. The van der Waals surface area contributed by atoms with E-state index >= 15 is 0 Å². The summed E-state index contributed by atoms with van der Waals surface area (Å²) < 4.78 is 3.74. The van der Waals surface area contributed by atoms with Crippen molar-refractivity contribution < 1.29 is 46.1 Å². The summed E-state index contributed by atoms with van der Waals surface area (Å²) in [5.41, 5.74) is 22.2. The Bertz CT molecular complexity index is 2380. The van der Waals surface area contributed by atoms with E-state index in [0.29, 0.717) is 9.54 Å². The van der Waals surface area contributed by atoms with Crippen LogP contribution in [0, 0.1) is 11.3 Å². The van der Waals surface area contributed by atoms with Crippen molar-refractivity contribution in [2.24, 2.45) is 11.3 Å². The number of hydrogen-bond donors (Lipinski definition) is 0. The molecule has 8 rings (SSSR count). The second-order valence-corrected chi connectivity index (χ2v) is 28.5. The fourth-order valence-corrected chi connectivity index (χ4v) is 20.4. The molecular weight excluding hydrogens is 847 g/mol. The second kappa shape index (κ2) is 15.8. The molecule has 0 N–H and O–H groups in total. The molecule has 0 amide bonds. The summed E-state index contributed by atoms with van der Waals surface area (Å²) in [5, 5.41) is 0. The van der Waals surface area contributed by atoms with E-state index in [4.69, 9.17) is 0 Å². The van der Waals surface area contributed by atoms with Crippen LogP contribution < -0.4 is 24.8 Å². The van der Waals surface area contributed by atoms with E-state index in [1.165, 1.54) is 72.4 Å². The van der Waals surface area contributed by atoms with Gasteiger partial charge in [-0.1, -0.05) is 0 Å². The molecule has 3 heteroatoms. The largest absolute Gasteiger partial charge is 1.00 e. The molecule has 0 heterocycles. The van der Waals surface area contributed by atoms with Crippen LogP contribution in [0.25, 0.3) is 22.3 Å². The summed E-state index contributed by atoms with van der Waals surface area (Å²) in [6.45, 7) is 38.1. The van der Waals surface area contributed by atoms with E-state index in [-0.39, 0.29) is 51.9 Å². The molecule has 1 atom stereocenters. The van der Waals surface area contributed by atoms with Crippen molar-refractivity contribution in [2.75, 3.05) is 0 Å². The molecule has 0 aliphatic heterocycles. The Labute approximate surface area is 384 Å². The molecule has 0 aromatic heterocycles. The molecule has 4 aromatic rings. The predicted molar refractivity (Wildman–Crippen MR) is 250 cm³/mol. The maximum Gasteiger partial charge on any atom is -1.00 e. The van der Waals surface area contributed by atoms with E-state index in [0.717, 1.165) is 6.42 Å². The molecule has 4 aliphatic rings. The van der Waals surface area contributed by atoms with Gasteiger partial charge in [0.2, 0.25) is 0 Å². The van der Waals surface area contributed by atoms with Gasteiger partial charge in [0.05, 0.1) is 0 Å². The Balaban J connectivity index is 0.00000302. The first-order valence-electron chi connectivity index (χ1n) is 22.1. The summed E-state index contributed by atoms with van der Waals surface area (Å²) in [6.07, 6.45) is 11.6. The van der Waals surface area contributed by atoms with Gasteiger partial charge in [0, 0.05) is 0 Å². The average Bonchev–Trinajstić information content (AvgIpc) is 3.83. The van der Waals surface area contributed by atoms with Crippen molar-refractivity contribution in [1.82, 2.24) is 0 Å². The molecule has 0 nitrogen and oxygen atoms in total. The van der Waals surface area contributed by atoms with Gasteiger partial charge in [-0.2, -0.15) is 0 Å². The fraction of sp³-hybridized carbons (Fsp3) is 0.421. The van der Waals surface area contributed by atoms with Crippen LogP contribution in [0.4, 0.5) is 0 Å². The minimum atomic E-state index is -3.11. The third-order valence-corrected chi connectivity index (χ3v) is 22.5. The summed E-state index contributed by atoms with van der Waals surface area (Å²) in [6, 6.07) is 30.4. The zero-order valence-electron chi connectivity index (χ0n) is 39.4. The van der Waals surface area contributed by atoms with Gasteiger partial charge in [-0.3, -0.25) is 0 Å². The SMILES string of the molecule is CCC1C=C(C(C)(C)C)C=[C]1[Zr+2](=[C](c1ccc(C(C)(C)C)cc1)c1ccc(C(C)(C)C)cc1)[CH]1c2cc3c(cc2-c2cc4c(cc21)C(C)(C)C=C4C)C(C)=CC3(C)C.[Cl-].[Cl-]. The number of hydrogen-bond acceptors (Lipinski definition) is 0. The maximum atomic E-state index is 2.74. The van der Waals surface area contributed by atoms with Gasteiger partial charge < -0.3 is 24.8 Å². The van der Waals surface area contributed by atoms with E-state index in [1.807, 2.05) is 0 Å². The third-order valence-electron chi connectivity index (χ3n) is 14.0. The van der Waals surface area contributed by atoms with Crippen molar-refractivity contribution in [3.8, 4) is 11.1 Å². The molecule has 4 aromatic carbocycles. The maximum absolute atomic E-state index is 3.11. The minimum absolute atomic E-state index is 0. The van der Waals surface area contributed by atoms with Gasteiger partial charge in [-0.05, 0) is 0 Å². The first-order chi connectivity index (χ1) is 26.9. The Kier molecular flexibility index (Phi) is 12.3. The number of halogens is 2. The predicted octanol–water partition coefficient (Wildman–Crippen LogP) is 9.53. The molecule has 4 aliphatic carbocycles. The van der Waals surface area contributed by atoms with Crippen molar-refractivity contribution in [2.45, 2.75) is 142 Å². The van der Waals surface area contributed by atoms with Crippen LogP contribution >= 0.6 is 0 Å². The first-order valence-corrected chi connectivity index (χ1v) is 26.0. The monoisotopic (exact) mass is 912 g/mol. The fourth-order valence-electron chi connectivity index (χ4n) is 10.7. The molecule has 60 heavy (non-hydrogen) atoms. The molecule has 0 spiro atoms. The molecule has 1 unspecified atom stereocenters. The van der Waals surface area contributed by atoms with Crippen LogP contribution in [-0.2, 0) is 42.9 Å². The molecule has 0 saturated carbocycles. The second-order valence-electron chi connectivity index (χ2n) is 22.4. The normalized spacial score (nSPS) is 18.4. The Hall–Kier alpha value is -2.83. The van der Waals surface area contributed by atoms with E-state index < -0.39 is 21.3 Å². The molecule has 0 fully saturated rings.